The summed E-state index contributed by atoms with van der Waals surface area (Å²) in [6.45, 7) is 15.8. The van der Waals surface area contributed by atoms with Crippen molar-refractivity contribution in [2.24, 2.45) is 0 Å². The summed E-state index contributed by atoms with van der Waals surface area (Å²) in [5, 5.41) is 0. The summed E-state index contributed by atoms with van der Waals surface area (Å²) in [5.74, 6) is 1.51. The first-order valence-electron chi connectivity index (χ1n) is 8.88. The van der Waals surface area contributed by atoms with Crippen molar-refractivity contribution in [3.63, 3.8) is 0 Å². The zero-order valence-corrected chi connectivity index (χ0v) is 16.6. The van der Waals surface area contributed by atoms with Crippen LogP contribution in [0.1, 0.15) is 41.5 Å². The van der Waals surface area contributed by atoms with Gasteiger partial charge in [-0.25, -0.2) is 0 Å². The fourth-order valence-corrected chi connectivity index (χ4v) is 2.35. The first-order chi connectivity index (χ1) is 11.7. The lowest BCUT2D eigenvalue weighted by Crippen LogP contribution is -2.31. The number of ether oxygens (including phenoxy) is 5. The van der Waals surface area contributed by atoms with Crippen LogP contribution in [0.2, 0.25) is 0 Å². The first kappa shape index (κ1) is 21.7. The Morgan fingerprint density at radius 1 is 0.640 bits per heavy atom. The highest BCUT2D eigenvalue weighted by molar-refractivity contribution is 5.39. The van der Waals surface area contributed by atoms with Crippen molar-refractivity contribution in [1.82, 2.24) is 0 Å². The molecule has 1 aliphatic heterocycles. The quantitative estimate of drug-likeness (QED) is 0.702. The topological polar surface area (TPSA) is 46.2 Å². The van der Waals surface area contributed by atoms with E-state index >= 15 is 0 Å². The number of hydrogen-bond donors (Lipinski definition) is 0. The van der Waals surface area contributed by atoms with Crippen molar-refractivity contribution in [2.75, 3.05) is 39.6 Å². The number of fused-ring (bicyclic) bond motifs is 1. The van der Waals surface area contributed by atoms with Gasteiger partial charge in [0.05, 0.1) is 37.6 Å². The summed E-state index contributed by atoms with van der Waals surface area (Å²) >= 11 is 0. The molecule has 1 aromatic carbocycles. The van der Waals surface area contributed by atoms with E-state index in [2.05, 4.69) is 41.5 Å². The van der Waals surface area contributed by atoms with E-state index in [0.29, 0.717) is 39.6 Å². The van der Waals surface area contributed by atoms with E-state index in [-0.39, 0.29) is 11.2 Å². The van der Waals surface area contributed by atoms with Gasteiger partial charge in [0.25, 0.3) is 0 Å². The van der Waals surface area contributed by atoms with E-state index < -0.39 is 0 Å². The average Bonchev–Trinajstić information content (AvgIpc) is 2.45. The molecule has 5 nitrogen and oxygen atoms in total. The molecule has 25 heavy (non-hydrogen) atoms. The molecule has 2 rings (SSSR count). The largest absolute Gasteiger partial charge is 0.487 e. The highest BCUT2D eigenvalue weighted by Crippen LogP contribution is 2.26. The van der Waals surface area contributed by atoms with E-state index in [9.17, 15) is 0 Å². The van der Waals surface area contributed by atoms with Gasteiger partial charge in [-0.3, -0.25) is 0 Å². The second kappa shape index (κ2) is 10.6. The Morgan fingerprint density at radius 3 is 1.32 bits per heavy atom. The van der Waals surface area contributed by atoms with Gasteiger partial charge in [-0.15, -0.1) is 0 Å². The van der Waals surface area contributed by atoms with Gasteiger partial charge < -0.3 is 23.7 Å². The Labute approximate surface area is 152 Å². The first-order valence-corrected chi connectivity index (χ1v) is 8.88. The average molecular weight is 354 g/mol. The SMILES string of the molecule is CC(C)(C)OC(C)(C)C.c1ccc2c(c1)OCCOCCOCCO2. The fraction of sp³-hybridized carbons (Fsp3) is 0.700. The second-order valence-electron chi connectivity index (χ2n) is 7.70. The van der Waals surface area contributed by atoms with Crippen LogP contribution in [0.15, 0.2) is 24.3 Å². The Morgan fingerprint density at radius 2 is 1.00 bits per heavy atom. The monoisotopic (exact) mass is 354 g/mol. The normalized spacial score (nSPS) is 16.7. The van der Waals surface area contributed by atoms with Gasteiger partial charge in [0.2, 0.25) is 0 Å². The van der Waals surface area contributed by atoms with E-state index in [4.69, 9.17) is 23.7 Å². The summed E-state index contributed by atoms with van der Waals surface area (Å²) < 4.78 is 27.4. The van der Waals surface area contributed by atoms with E-state index in [1.807, 2.05) is 24.3 Å². The maximum absolute atomic E-state index is 5.62. The van der Waals surface area contributed by atoms with Gasteiger partial charge >= 0.3 is 0 Å². The third-order valence-corrected chi connectivity index (χ3v) is 2.80. The minimum absolute atomic E-state index is 0.0156. The molecule has 5 heteroatoms. The van der Waals surface area contributed by atoms with Crippen molar-refractivity contribution < 1.29 is 23.7 Å². The molecule has 1 aliphatic rings. The molecule has 0 fully saturated rings. The molecule has 0 N–H and O–H groups in total. The Kier molecular flexibility index (Phi) is 9.25. The van der Waals surface area contributed by atoms with Gasteiger partial charge in [0.15, 0.2) is 11.5 Å². The molecule has 0 aromatic heterocycles. The van der Waals surface area contributed by atoms with Crippen LogP contribution in [0, 0.1) is 0 Å². The molecular weight excluding hydrogens is 320 g/mol. The lowest BCUT2D eigenvalue weighted by atomic mass is 10.1. The molecule has 1 heterocycles. The van der Waals surface area contributed by atoms with Crippen LogP contribution in [-0.4, -0.2) is 50.8 Å². The number of para-hydroxylation sites is 2. The molecule has 0 amide bonds. The molecule has 0 bridgehead atoms. The van der Waals surface area contributed by atoms with Gasteiger partial charge in [-0.05, 0) is 53.7 Å². The molecule has 0 spiro atoms. The molecule has 0 saturated carbocycles. The van der Waals surface area contributed by atoms with Crippen molar-refractivity contribution in [2.45, 2.75) is 52.7 Å². The lowest BCUT2D eigenvalue weighted by molar-refractivity contribution is -0.102. The fourth-order valence-electron chi connectivity index (χ4n) is 2.35. The lowest BCUT2D eigenvalue weighted by Gasteiger charge is -2.30. The number of benzene rings is 1. The zero-order valence-electron chi connectivity index (χ0n) is 16.6. The molecular formula is C20H34O5. The van der Waals surface area contributed by atoms with Crippen LogP contribution in [0.25, 0.3) is 0 Å². The minimum atomic E-state index is -0.0156. The maximum atomic E-state index is 5.62. The van der Waals surface area contributed by atoms with Gasteiger partial charge in [-0.2, -0.15) is 0 Å². The summed E-state index contributed by atoms with van der Waals surface area (Å²) in [6, 6.07) is 7.63. The number of hydrogen-bond acceptors (Lipinski definition) is 5. The van der Waals surface area contributed by atoms with Crippen LogP contribution >= 0.6 is 0 Å². The smallest absolute Gasteiger partial charge is 0.161 e. The summed E-state index contributed by atoms with van der Waals surface area (Å²) in [7, 11) is 0. The molecule has 0 unspecified atom stereocenters. The highest BCUT2D eigenvalue weighted by atomic mass is 16.6. The van der Waals surface area contributed by atoms with Crippen LogP contribution < -0.4 is 9.47 Å². The predicted octanol–water partition coefficient (Wildman–Crippen LogP) is 4.09. The number of rotatable bonds is 0. The Balaban J connectivity index is 0.000000299. The molecule has 0 saturated heterocycles. The third-order valence-electron chi connectivity index (χ3n) is 2.80. The standard InChI is InChI=1S/C12H16O4.C8H18O/c1-2-4-12-11(3-1)15-9-7-13-5-6-14-8-10-16-12;1-7(2,3)9-8(4,5)6/h1-4H,5-10H2;1-6H3. The van der Waals surface area contributed by atoms with Crippen LogP contribution in [0.5, 0.6) is 11.5 Å². The van der Waals surface area contributed by atoms with Gasteiger partial charge in [-0.1, -0.05) is 12.1 Å². The Bertz CT molecular complexity index is 431. The van der Waals surface area contributed by atoms with Crippen LogP contribution in [0.3, 0.4) is 0 Å². The molecule has 144 valence electrons. The molecule has 0 aliphatic carbocycles. The zero-order chi connectivity index (χ0) is 18.8. The predicted molar refractivity (Wildman–Crippen MR) is 99.7 cm³/mol. The van der Waals surface area contributed by atoms with E-state index in [1.165, 1.54) is 0 Å². The van der Waals surface area contributed by atoms with Crippen molar-refractivity contribution in [1.29, 1.82) is 0 Å². The minimum Gasteiger partial charge on any atom is -0.487 e. The van der Waals surface area contributed by atoms with Gasteiger partial charge in [0, 0.05) is 0 Å². The summed E-state index contributed by atoms with van der Waals surface area (Å²) in [5.41, 5.74) is -0.0312. The molecule has 0 atom stereocenters. The van der Waals surface area contributed by atoms with Gasteiger partial charge in [0.1, 0.15) is 13.2 Å². The van der Waals surface area contributed by atoms with Crippen molar-refractivity contribution >= 4 is 0 Å². The van der Waals surface area contributed by atoms with Crippen LogP contribution in [-0.2, 0) is 14.2 Å². The van der Waals surface area contributed by atoms with Crippen molar-refractivity contribution in [3.8, 4) is 11.5 Å². The molecule has 0 radical (unpaired) electrons. The summed E-state index contributed by atoms with van der Waals surface area (Å²) in [4.78, 5) is 0. The van der Waals surface area contributed by atoms with Crippen LogP contribution in [0.4, 0.5) is 0 Å². The second-order valence-corrected chi connectivity index (χ2v) is 7.70. The highest BCUT2D eigenvalue weighted by Gasteiger charge is 2.19. The van der Waals surface area contributed by atoms with E-state index in [0.717, 1.165) is 11.5 Å². The third kappa shape index (κ3) is 11.8. The van der Waals surface area contributed by atoms with E-state index in [1.54, 1.807) is 0 Å². The summed E-state index contributed by atoms with van der Waals surface area (Å²) in [6.07, 6.45) is 0. The van der Waals surface area contributed by atoms with Crippen molar-refractivity contribution in [3.05, 3.63) is 24.3 Å². The maximum Gasteiger partial charge on any atom is 0.161 e. The Hall–Kier alpha value is -1.30. The molecule has 1 aromatic rings.